The van der Waals surface area contributed by atoms with Gasteiger partial charge >= 0.3 is 0 Å². The third-order valence-electron chi connectivity index (χ3n) is 4.93. The number of likely N-dealkylation sites (N-methyl/N-ethyl adjacent to an activating group) is 1. The van der Waals surface area contributed by atoms with E-state index in [0.717, 1.165) is 25.8 Å². The number of aromatic hydroxyl groups is 2. The third-order valence-corrected chi connectivity index (χ3v) is 4.93. The number of phenols is 2. The van der Waals surface area contributed by atoms with Gasteiger partial charge in [-0.25, -0.2) is 0 Å². The summed E-state index contributed by atoms with van der Waals surface area (Å²) in [5, 5.41) is 19.7. The van der Waals surface area contributed by atoms with E-state index in [0.29, 0.717) is 23.3 Å². The standard InChI is InChI=1S/C22H27NO2/c1-23(2)15-16-11-19(17-5-3-7-21(24)13-17)9-10-20(12-16)18-6-4-8-22(25)14-18/h3-8,11,13-14,19-20,24-25H,9-10,12,15H2,1-2H3. The van der Waals surface area contributed by atoms with E-state index in [2.05, 4.69) is 37.2 Å². The number of allylic oxidation sites excluding steroid dienone is 1. The van der Waals surface area contributed by atoms with E-state index < -0.39 is 0 Å². The Bertz CT molecular complexity index is 751. The lowest BCUT2D eigenvalue weighted by Crippen LogP contribution is -2.16. The van der Waals surface area contributed by atoms with Gasteiger partial charge in [-0.1, -0.05) is 35.9 Å². The molecule has 0 fully saturated rings. The van der Waals surface area contributed by atoms with Crippen molar-refractivity contribution in [2.45, 2.75) is 31.1 Å². The molecule has 1 aliphatic carbocycles. The van der Waals surface area contributed by atoms with Crippen molar-refractivity contribution in [3.63, 3.8) is 0 Å². The molecule has 2 atom stereocenters. The van der Waals surface area contributed by atoms with Crippen LogP contribution in [0.2, 0.25) is 0 Å². The Morgan fingerprint density at radius 2 is 1.56 bits per heavy atom. The molecule has 3 heteroatoms. The molecule has 0 aromatic heterocycles. The summed E-state index contributed by atoms with van der Waals surface area (Å²) in [5.41, 5.74) is 3.80. The molecule has 0 spiro atoms. The summed E-state index contributed by atoms with van der Waals surface area (Å²) in [6, 6.07) is 15.3. The van der Waals surface area contributed by atoms with Crippen LogP contribution in [0.5, 0.6) is 11.5 Å². The molecule has 0 amide bonds. The summed E-state index contributed by atoms with van der Waals surface area (Å²) in [6.07, 6.45) is 5.51. The van der Waals surface area contributed by atoms with E-state index in [9.17, 15) is 10.2 Å². The first-order chi connectivity index (χ1) is 12.0. The highest BCUT2D eigenvalue weighted by Crippen LogP contribution is 2.39. The summed E-state index contributed by atoms with van der Waals surface area (Å²) in [6.45, 7) is 0.935. The Hall–Kier alpha value is -2.26. The number of nitrogens with zero attached hydrogens (tertiary/aromatic N) is 1. The molecule has 2 N–H and O–H groups in total. The first-order valence-electron chi connectivity index (χ1n) is 8.93. The highest BCUT2D eigenvalue weighted by Gasteiger charge is 2.22. The molecule has 1 aliphatic rings. The Kier molecular flexibility index (Phi) is 5.44. The van der Waals surface area contributed by atoms with Crippen LogP contribution in [0.1, 0.15) is 42.2 Å². The molecular formula is C22H27NO2. The van der Waals surface area contributed by atoms with Crippen molar-refractivity contribution >= 4 is 0 Å². The first kappa shape index (κ1) is 17.6. The minimum absolute atomic E-state index is 0.323. The van der Waals surface area contributed by atoms with E-state index in [-0.39, 0.29) is 0 Å². The minimum atomic E-state index is 0.323. The third kappa shape index (κ3) is 4.64. The lowest BCUT2D eigenvalue weighted by atomic mass is 9.88. The molecule has 25 heavy (non-hydrogen) atoms. The Morgan fingerprint density at radius 1 is 0.920 bits per heavy atom. The van der Waals surface area contributed by atoms with Crippen LogP contribution in [-0.4, -0.2) is 35.8 Å². The maximum atomic E-state index is 9.84. The molecule has 0 saturated carbocycles. The first-order valence-corrected chi connectivity index (χ1v) is 8.93. The van der Waals surface area contributed by atoms with Crippen LogP contribution in [0.25, 0.3) is 0 Å². The molecule has 2 aromatic carbocycles. The van der Waals surface area contributed by atoms with Gasteiger partial charge in [-0.2, -0.15) is 0 Å². The second-order valence-corrected chi connectivity index (χ2v) is 7.34. The van der Waals surface area contributed by atoms with Crippen molar-refractivity contribution < 1.29 is 10.2 Å². The summed E-state index contributed by atoms with van der Waals surface area (Å²) in [5.74, 6) is 1.41. The van der Waals surface area contributed by atoms with Crippen LogP contribution < -0.4 is 0 Å². The Labute approximate surface area is 150 Å². The smallest absolute Gasteiger partial charge is 0.115 e. The topological polar surface area (TPSA) is 43.7 Å². The van der Waals surface area contributed by atoms with Crippen molar-refractivity contribution in [1.82, 2.24) is 4.90 Å². The second kappa shape index (κ2) is 7.75. The van der Waals surface area contributed by atoms with Gasteiger partial charge in [0.25, 0.3) is 0 Å². The lowest BCUT2D eigenvalue weighted by molar-refractivity contribution is 0.433. The monoisotopic (exact) mass is 337 g/mol. The summed E-state index contributed by atoms with van der Waals surface area (Å²) in [4.78, 5) is 2.20. The average Bonchev–Trinajstić information content (AvgIpc) is 2.77. The highest BCUT2D eigenvalue weighted by molar-refractivity contribution is 5.36. The normalized spacial score (nSPS) is 21.0. The van der Waals surface area contributed by atoms with E-state index in [1.807, 2.05) is 24.3 Å². The molecule has 3 rings (SSSR count). The van der Waals surface area contributed by atoms with Gasteiger partial charge in [-0.05, 0) is 74.7 Å². The molecular weight excluding hydrogens is 310 g/mol. The van der Waals surface area contributed by atoms with E-state index in [4.69, 9.17) is 0 Å². The number of benzene rings is 2. The van der Waals surface area contributed by atoms with Gasteiger partial charge in [0.05, 0.1) is 0 Å². The predicted octanol–water partition coefficient (Wildman–Crippen LogP) is 4.64. The largest absolute Gasteiger partial charge is 0.508 e. The fourth-order valence-electron chi connectivity index (χ4n) is 3.84. The average molecular weight is 337 g/mol. The highest BCUT2D eigenvalue weighted by atomic mass is 16.3. The van der Waals surface area contributed by atoms with Gasteiger partial charge in [0.15, 0.2) is 0 Å². The van der Waals surface area contributed by atoms with Gasteiger partial charge in [0.1, 0.15) is 11.5 Å². The molecule has 0 radical (unpaired) electrons. The Morgan fingerprint density at radius 3 is 2.20 bits per heavy atom. The molecule has 132 valence electrons. The van der Waals surface area contributed by atoms with Crippen LogP contribution in [0.4, 0.5) is 0 Å². The van der Waals surface area contributed by atoms with Crippen molar-refractivity contribution in [1.29, 1.82) is 0 Å². The van der Waals surface area contributed by atoms with Gasteiger partial charge in [0, 0.05) is 12.5 Å². The van der Waals surface area contributed by atoms with Crippen molar-refractivity contribution in [3.05, 3.63) is 71.3 Å². The van der Waals surface area contributed by atoms with E-state index >= 15 is 0 Å². The van der Waals surface area contributed by atoms with Gasteiger partial charge in [0.2, 0.25) is 0 Å². The number of hydrogen-bond acceptors (Lipinski definition) is 3. The van der Waals surface area contributed by atoms with Crippen LogP contribution in [0.15, 0.2) is 60.2 Å². The van der Waals surface area contributed by atoms with E-state index in [1.54, 1.807) is 12.1 Å². The molecule has 0 bridgehead atoms. The summed E-state index contributed by atoms with van der Waals surface area (Å²) in [7, 11) is 4.19. The zero-order valence-electron chi connectivity index (χ0n) is 15.0. The SMILES string of the molecule is CN(C)CC1=CC(c2cccc(O)c2)CCC(c2cccc(O)c2)C1. The molecule has 0 heterocycles. The maximum Gasteiger partial charge on any atom is 0.115 e. The fourth-order valence-corrected chi connectivity index (χ4v) is 3.84. The zero-order valence-corrected chi connectivity index (χ0v) is 15.0. The minimum Gasteiger partial charge on any atom is -0.508 e. The summed E-state index contributed by atoms with van der Waals surface area (Å²) >= 11 is 0. The van der Waals surface area contributed by atoms with Crippen LogP contribution >= 0.6 is 0 Å². The maximum absolute atomic E-state index is 9.84. The molecule has 0 aliphatic heterocycles. The Balaban J connectivity index is 1.89. The second-order valence-electron chi connectivity index (χ2n) is 7.34. The van der Waals surface area contributed by atoms with E-state index in [1.165, 1.54) is 16.7 Å². The van der Waals surface area contributed by atoms with Crippen LogP contribution in [0.3, 0.4) is 0 Å². The molecule has 0 saturated heterocycles. The van der Waals surface area contributed by atoms with Gasteiger partial charge < -0.3 is 15.1 Å². The van der Waals surface area contributed by atoms with Crippen LogP contribution in [-0.2, 0) is 0 Å². The molecule has 2 aromatic rings. The van der Waals surface area contributed by atoms with Crippen molar-refractivity contribution in [2.75, 3.05) is 20.6 Å². The quantitative estimate of drug-likeness (QED) is 0.799. The van der Waals surface area contributed by atoms with Crippen LogP contribution in [0, 0.1) is 0 Å². The molecule has 2 unspecified atom stereocenters. The van der Waals surface area contributed by atoms with Crippen molar-refractivity contribution in [3.8, 4) is 11.5 Å². The van der Waals surface area contributed by atoms with Crippen molar-refractivity contribution in [2.24, 2.45) is 0 Å². The fraction of sp³-hybridized carbons (Fsp3) is 0.364. The molecule has 3 nitrogen and oxygen atoms in total. The zero-order chi connectivity index (χ0) is 17.8. The predicted molar refractivity (Wildman–Crippen MR) is 102 cm³/mol. The number of hydrogen-bond donors (Lipinski definition) is 2. The lowest BCUT2D eigenvalue weighted by Gasteiger charge is -2.19. The van der Waals surface area contributed by atoms with Gasteiger partial charge in [-0.15, -0.1) is 0 Å². The summed E-state index contributed by atoms with van der Waals surface area (Å²) < 4.78 is 0. The number of phenolic OH excluding ortho intramolecular Hbond substituents is 2. The number of rotatable bonds is 4. The van der Waals surface area contributed by atoms with Gasteiger partial charge in [-0.3, -0.25) is 0 Å².